The lowest BCUT2D eigenvalue weighted by Gasteiger charge is -2.32. The van der Waals surface area contributed by atoms with Gasteiger partial charge >= 0.3 is 0 Å². The van der Waals surface area contributed by atoms with Crippen molar-refractivity contribution >= 4 is 23.0 Å². The molecule has 4 heteroatoms. The monoisotopic (exact) mass is 365 g/mol. The van der Waals surface area contributed by atoms with Gasteiger partial charge in [0.15, 0.2) is 0 Å². The Labute approximate surface area is 163 Å². The van der Waals surface area contributed by atoms with Gasteiger partial charge in [0.2, 0.25) is 5.91 Å². The summed E-state index contributed by atoms with van der Waals surface area (Å²) >= 11 is 0. The Morgan fingerprint density at radius 3 is 2.19 bits per heavy atom. The number of rotatable bonds is 6. The molecule has 2 aromatic rings. The molecule has 1 saturated heterocycles. The highest BCUT2D eigenvalue weighted by Crippen LogP contribution is 2.24. The molecule has 3 rings (SSSR count). The summed E-state index contributed by atoms with van der Waals surface area (Å²) in [5.41, 5.74) is 4.34. The van der Waals surface area contributed by atoms with E-state index in [9.17, 15) is 4.79 Å². The highest BCUT2D eigenvalue weighted by atomic mass is 16.1. The average Bonchev–Trinajstić information content (AvgIpc) is 2.68. The van der Waals surface area contributed by atoms with Crippen molar-refractivity contribution in [3.8, 4) is 0 Å². The number of piperidine rings is 1. The van der Waals surface area contributed by atoms with Crippen molar-refractivity contribution in [1.82, 2.24) is 0 Å². The van der Waals surface area contributed by atoms with E-state index in [2.05, 4.69) is 72.7 Å². The average molecular weight is 366 g/mol. The molecule has 1 amide bonds. The van der Waals surface area contributed by atoms with Crippen LogP contribution in [0.25, 0.3) is 0 Å². The van der Waals surface area contributed by atoms with Crippen LogP contribution in [0.2, 0.25) is 0 Å². The topological polar surface area (TPSA) is 44.4 Å². The van der Waals surface area contributed by atoms with Crippen molar-refractivity contribution in [3.63, 3.8) is 0 Å². The van der Waals surface area contributed by atoms with Gasteiger partial charge in [-0.25, -0.2) is 0 Å². The number of anilines is 3. The highest BCUT2D eigenvalue weighted by Gasteiger charge is 2.15. The molecule has 1 aliphatic rings. The van der Waals surface area contributed by atoms with Crippen LogP contribution in [0.3, 0.4) is 0 Å². The van der Waals surface area contributed by atoms with Crippen molar-refractivity contribution in [3.05, 3.63) is 54.1 Å². The highest BCUT2D eigenvalue weighted by molar-refractivity contribution is 5.93. The minimum Gasteiger partial charge on any atom is -0.376 e. The van der Waals surface area contributed by atoms with E-state index in [-0.39, 0.29) is 12.5 Å². The smallest absolute Gasteiger partial charge is 0.243 e. The molecule has 0 unspecified atom stereocenters. The Morgan fingerprint density at radius 1 is 1.00 bits per heavy atom. The molecule has 2 N–H and O–H groups in total. The van der Waals surface area contributed by atoms with Gasteiger partial charge in [0, 0.05) is 30.2 Å². The summed E-state index contributed by atoms with van der Waals surface area (Å²) in [6.07, 6.45) is 2.52. The van der Waals surface area contributed by atoms with Crippen LogP contribution in [0.1, 0.15) is 45.1 Å². The SMILES string of the molecule is CC1CCN(c2ccc(NCC(=O)Nc3ccc(C(C)C)cc3)cc2)CC1. The number of nitrogens with one attached hydrogen (secondary N) is 2. The van der Waals surface area contributed by atoms with E-state index in [1.165, 1.54) is 24.1 Å². The second-order valence-electron chi connectivity index (χ2n) is 7.89. The first-order valence-electron chi connectivity index (χ1n) is 10.00. The zero-order chi connectivity index (χ0) is 19.2. The maximum absolute atomic E-state index is 12.2. The van der Waals surface area contributed by atoms with Gasteiger partial charge in [-0.1, -0.05) is 32.9 Å². The maximum Gasteiger partial charge on any atom is 0.243 e. The second kappa shape index (κ2) is 8.94. The quantitative estimate of drug-likeness (QED) is 0.749. The zero-order valence-corrected chi connectivity index (χ0v) is 16.7. The Hall–Kier alpha value is -2.49. The summed E-state index contributed by atoms with van der Waals surface area (Å²) in [5.74, 6) is 1.29. The lowest BCUT2D eigenvalue weighted by molar-refractivity contribution is -0.114. The molecule has 1 aliphatic heterocycles. The van der Waals surface area contributed by atoms with Crippen LogP contribution in [0.15, 0.2) is 48.5 Å². The summed E-state index contributed by atoms with van der Waals surface area (Å²) in [7, 11) is 0. The van der Waals surface area contributed by atoms with Crippen LogP contribution in [0, 0.1) is 5.92 Å². The molecule has 0 aliphatic carbocycles. The predicted molar refractivity (Wildman–Crippen MR) is 115 cm³/mol. The first kappa shape index (κ1) is 19.3. The molecule has 0 saturated carbocycles. The van der Waals surface area contributed by atoms with Crippen LogP contribution >= 0.6 is 0 Å². The molecule has 1 fully saturated rings. The van der Waals surface area contributed by atoms with Gasteiger partial charge < -0.3 is 15.5 Å². The lowest BCUT2D eigenvalue weighted by atomic mass is 9.99. The van der Waals surface area contributed by atoms with Crippen LogP contribution in [-0.2, 0) is 4.79 Å². The number of hydrogen-bond acceptors (Lipinski definition) is 3. The number of hydrogen-bond donors (Lipinski definition) is 2. The van der Waals surface area contributed by atoms with Crippen LogP contribution in [0.5, 0.6) is 0 Å². The van der Waals surface area contributed by atoms with Gasteiger partial charge in [-0.3, -0.25) is 4.79 Å². The molecule has 2 aromatic carbocycles. The molecule has 0 bridgehead atoms. The molecule has 0 radical (unpaired) electrons. The van der Waals surface area contributed by atoms with Crippen LogP contribution < -0.4 is 15.5 Å². The summed E-state index contributed by atoms with van der Waals surface area (Å²) in [5, 5.41) is 6.14. The van der Waals surface area contributed by atoms with Gasteiger partial charge in [-0.05, 0) is 66.6 Å². The minimum absolute atomic E-state index is 0.0404. The lowest BCUT2D eigenvalue weighted by Crippen LogP contribution is -2.32. The van der Waals surface area contributed by atoms with Crippen molar-refractivity contribution in [2.75, 3.05) is 35.2 Å². The van der Waals surface area contributed by atoms with E-state index < -0.39 is 0 Å². The summed E-state index contributed by atoms with van der Waals surface area (Å²) in [6.45, 7) is 9.17. The van der Waals surface area contributed by atoms with E-state index in [1.54, 1.807) is 0 Å². The molecule has 0 spiro atoms. The van der Waals surface area contributed by atoms with Crippen LogP contribution in [0.4, 0.5) is 17.1 Å². The van der Waals surface area contributed by atoms with E-state index in [1.807, 2.05) is 12.1 Å². The van der Waals surface area contributed by atoms with Gasteiger partial charge in [0.25, 0.3) is 0 Å². The standard InChI is InChI=1S/C23H31N3O/c1-17(2)19-4-6-21(7-5-19)25-23(27)16-24-20-8-10-22(11-9-20)26-14-12-18(3)13-15-26/h4-11,17-18,24H,12-16H2,1-3H3,(H,25,27). The van der Waals surface area contributed by atoms with Gasteiger partial charge in [-0.15, -0.1) is 0 Å². The van der Waals surface area contributed by atoms with E-state index in [0.717, 1.165) is 30.4 Å². The molecule has 0 atom stereocenters. The zero-order valence-electron chi connectivity index (χ0n) is 16.7. The number of carbonyl (C=O) groups excluding carboxylic acids is 1. The molecule has 1 heterocycles. The largest absolute Gasteiger partial charge is 0.376 e. The molecule has 27 heavy (non-hydrogen) atoms. The number of carbonyl (C=O) groups is 1. The Morgan fingerprint density at radius 2 is 1.59 bits per heavy atom. The fraction of sp³-hybridized carbons (Fsp3) is 0.435. The third kappa shape index (κ3) is 5.49. The third-order valence-electron chi connectivity index (χ3n) is 5.33. The number of benzene rings is 2. The van der Waals surface area contributed by atoms with Crippen molar-refractivity contribution in [2.24, 2.45) is 5.92 Å². The Bertz CT molecular complexity index is 729. The minimum atomic E-state index is -0.0404. The summed E-state index contributed by atoms with van der Waals surface area (Å²) < 4.78 is 0. The Kier molecular flexibility index (Phi) is 6.38. The van der Waals surface area contributed by atoms with E-state index >= 15 is 0 Å². The molecular formula is C23H31N3O. The second-order valence-corrected chi connectivity index (χ2v) is 7.89. The number of amides is 1. The van der Waals surface area contributed by atoms with Gasteiger partial charge in [0.05, 0.1) is 6.54 Å². The maximum atomic E-state index is 12.2. The summed E-state index contributed by atoms with van der Waals surface area (Å²) in [4.78, 5) is 14.6. The van der Waals surface area contributed by atoms with E-state index in [4.69, 9.17) is 0 Å². The van der Waals surface area contributed by atoms with E-state index in [0.29, 0.717) is 5.92 Å². The summed E-state index contributed by atoms with van der Waals surface area (Å²) in [6, 6.07) is 16.4. The first-order chi connectivity index (χ1) is 13.0. The normalized spacial score (nSPS) is 15.0. The fourth-order valence-electron chi connectivity index (χ4n) is 3.40. The van der Waals surface area contributed by atoms with Crippen LogP contribution in [-0.4, -0.2) is 25.5 Å². The number of nitrogens with zero attached hydrogens (tertiary/aromatic N) is 1. The van der Waals surface area contributed by atoms with Crippen molar-refractivity contribution in [2.45, 2.75) is 39.5 Å². The third-order valence-corrected chi connectivity index (χ3v) is 5.33. The fourth-order valence-corrected chi connectivity index (χ4v) is 3.40. The molecule has 144 valence electrons. The first-order valence-corrected chi connectivity index (χ1v) is 10.00. The molecular weight excluding hydrogens is 334 g/mol. The van der Waals surface area contributed by atoms with Crippen molar-refractivity contribution < 1.29 is 4.79 Å². The van der Waals surface area contributed by atoms with Gasteiger partial charge in [0.1, 0.15) is 0 Å². The van der Waals surface area contributed by atoms with Gasteiger partial charge in [-0.2, -0.15) is 0 Å². The molecule has 0 aromatic heterocycles. The predicted octanol–water partition coefficient (Wildman–Crippen LogP) is 5.10. The Balaban J connectivity index is 1.47. The van der Waals surface area contributed by atoms with Crippen molar-refractivity contribution in [1.29, 1.82) is 0 Å². The molecule has 4 nitrogen and oxygen atoms in total.